The predicted molar refractivity (Wildman–Crippen MR) is 86.8 cm³/mol. The molecule has 1 aromatic heterocycles. The van der Waals surface area contributed by atoms with E-state index in [0.717, 1.165) is 17.6 Å². The van der Waals surface area contributed by atoms with Crippen LogP contribution in [0.5, 0.6) is 0 Å². The Hall–Kier alpha value is -1.47. The van der Waals surface area contributed by atoms with Crippen molar-refractivity contribution in [3.05, 3.63) is 35.7 Å². The minimum absolute atomic E-state index is 0.195. The van der Waals surface area contributed by atoms with Crippen molar-refractivity contribution in [2.45, 2.75) is 5.25 Å². The maximum absolute atomic E-state index is 12.0. The summed E-state index contributed by atoms with van der Waals surface area (Å²) in [6.07, 6.45) is 3.96. The van der Waals surface area contributed by atoms with Crippen LogP contribution in [0.15, 0.2) is 24.4 Å². The monoisotopic (exact) mass is 324 g/mol. The molecule has 0 saturated carbocycles. The van der Waals surface area contributed by atoms with Gasteiger partial charge in [-0.05, 0) is 17.7 Å². The first-order valence-electron chi connectivity index (χ1n) is 6.50. The van der Waals surface area contributed by atoms with E-state index >= 15 is 0 Å². The van der Waals surface area contributed by atoms with Gasteiger partial charge in [-0.3, -0.25) is 9.78 Å². The molecule has 7 heteroatoms. The van der Waals surface area contributed by atoms with Crippen LogP contribution >= 0.6 is 23.5 Å². The highest BCUT2D eigenvalue weighted by Gasteiger charge is 2.16. The number of nitrogens with zero attached hydrogens (tertiary/aromatic N) is 1. The topological polar surface area (TPSA) is 79.3 Å². The van der Waals surface area contributed by atoms with Crippen molar-refractivity contribution in [3.63, 3.8) is 0 Å². The van der Waals surface area contributed by atoms with Crippen molar-refractivity contribution in [3.8, 4) is 0 Å². The molecule has 0 spiro atoms. The molecule has 0 bridgehead atoms. The van der Waals surface area contributed by atoms with Gasteiger partial charge in [0.05, 0.1) is 0 Å². The van der Waals surface area contributed by atoms with Crippen molar-refractivity contribution in [1.82, 2.24) is 10.3 Å². The molecule has 2 heterocycles. The van der Waals surface area contributed by atoms with Crippen molar-refractivity contribution in [1.29, 1.82) is 0 Å². The van der Waals surface area contributed by atoms with E-state index in [1.54, 1.807) is 12.1 Å². The number of carbonyl (C=O) groups is 2. The molecule has 112 valence electrons. The molecule has 21 heavy (non-hydrogen) atoms. The highest BCUT2D eigenvalue weighted by atomic mass is 32.2. The van der Waals surface area contributed by atoms with Gasteiger partial charge in [0, 0.05) is 41.3 Å². The highest BCUT2D eigenvalue weighted by Crippen LogP contribution is 2.23. The van der Waals surface area contributed by atoms with Gasteiger partial charge in [0.2, 0.25) is 0 Å². The number of carbonyl (C=O) groups excluding carboxylic acids is 1. The van der Waals surface area contributed by atoms with Crippen LogP contribution in [-0.2, 0) is 4.79 Å². The summed E-state index contributed by atoms with van der Waals surface area (Å²) in [7, 11) is 0. The van der Waals surface area contributed by atoms with Crippen LogP contribution in [0.2, 0.25) is 0 Å². The lowest BCUT2D eigenvalue weighted by Crippen LogP contribution is -2.33. The van der Waals surface area contributed by atoms with Crippen molar-refractivity contribution >= 4 is 41.5 Å². The zero-order valence-corrected chi connectivity index (χ0v) is 13.0. The first-order chi connectivity index (χ1) is 10.1. The standard InChI is InChI=1S/C14H16N2O3S2/c17-13(18)4-2-10-1-3-12(15-7-10)14(19)16-8-11-9-20-5-6-21-11/h1-4,7,11H,5-6,8-9H2,(H,16,19)(H,17,18)/b4-2+. The number of aliphatic carboxylic acids is 1. The summed E-state index contributed by atoms with van der Waals surface area (Å²) in [6.45, 7) is 0.652. The molecule has 1 fully saturated rings. The summed E-state index contributed by atoms with van der Waals surface area (Å²) in [5.41, 5.74) is 0.990. The number of thioether (sulfide) groups is 2. The predicted octanol–water partition coefficient (Wildman–Crippen LogP) is 1.76. The summed E-state index contributed by atoms with van der Waals surface area (Å²) >= 11 is 3.81. The van der Waals surface area contributed by atoms with Gasteiger partial charge in [-0.15, -0.1) is 0 Å². The van der Waals surface area contributed by atoms with Crippen molar-refractivity contribution in [2.24, 2.45) is 0 Å². The summed E-state index contributed by atoms with van der Waals surface area (Å²) in [5, 5.41) is 11.9. The molecular formula is C14H16N2O3S2. The van der Waals surface area contributed by atoms with E-state index in [-0.39, 0.29) is 5.91 Å². The second-order valence-electron chi connectivity index (χ2n) is 4.43. The molecular weight excluding hydrogens is 308 g/mol. The Morgan fingerprint density at radius 2 is 2.29 bits per heavy atom. The largest absolute Gasteiger partial charge is 0.478 e. The lowest BCUT2D eigenvalue weighted by molar-refractivity contribution is -0.131. The molecule has 2 N–H and O–H groups in total. The van der Waals surface area contributed by atoms with Crippen molar-refractivity contribution < 1.29 is 14.7 Å². The van der Waals surface area contributed by atoms with Crippen LogP contribution in [0.25, 0.3) is 6.08 Å². The van der Waals surface area contributed by atoms with E-state index in [4.69, 9.17) is 5.11 Å². The number of rotatable bonds is 5. The van der Waals surface area contributed by atoms with E-state index in [0.29, 0.717) is 23.1 Å². The lowest BCUT2D eigenvalue weighted by Gasteiger charge is -2.20. The van der Waals surface area contributed by atoms with Gasteiger partial charge in [-0.2, -0.15) is 23.5 Å². The average Bonchev–Trinajstić information content (AvgIpc) is 2.52. The number of pyridine rings is 1. The van der Waals surface area contributed by atoms with Crippen LogP contribution in [0.1, 0.15) is 16.1 Å². The third-order valence-electron chi connectivity index (χ3n) is 2.81. The van der Waals surface area contributed by atoms with Crippen LogP contribution in [0.4, 0.5) is 0 Å². The third kappa shape index (κ3) is 5.43. The molecule has 1 aliphatic heterocycles. The molecule has 1 atom stereocenters. The minimum atomic E-state index is -1.01. The Kier molecular flexibility index (Phi) is 6.13. The quantitative estimate of drug-likeness (QED) is 0.804. The van der Waals surface area contributed by atoms with E-state index in [2.05, 4.69) is 10.3 Å². The Morgan fingerprint density at radius 3 is 2.90 bits per heavy atom. The second kappa shape index (κ2) is 8.09. The Labute approximate surface area is 131 Å². The SMILES string of the molecule is O=C(O)/C=C/c1ccc(C(=O)NCC2CSCCS2)nc1. The second-order valence-corrected chi connectivity index (χ2v) is 6.98. The van der Waals surface area contributed by atoms with E-state index < -0.39 is 5.97 Å². The summed E-state index contributed by atoms with van der Waals surface area (Å²) < 4.78 is 0. The van der Waals surface area contributed by atoms with Crippen LogP contribution in [0, 0.1) is 0 Å². The molecule has 1 aromatic rings. The van der Waals surface area contributed by atoms with Gasteiger partial charge in [0.1, 0.15) is 5.69 Å². The van der Waals surface area contributed by atoms with Crippen LogP contribution in [-0.4, -0.2) is 51.0 Å². The summed E-state index contributed by atoms with van der Waals surface area (Å²) in [4.78, 5) is 26.4. The van der Waals surface area contributed by atoms with Gasteiger partial charge < -0.3 is 10.4 Å². The Bertz CT molecular complexity index is 526. The van der Waals surface area contributed by atoms with Crippen LogP contribution in [0.3, 0.4) is 0 Å². The molecule has 1 saturated heterocycles. The Balaban J connectivity index is 1.85. The zero-order chi connectivity index (χ0) is 15.1. The summed E-state index contributed by atoms with van der Waals surface area (Å²) in [5.74, 6) is 2.17. The normalized spacial score (nSPS) is 18.6. The fraction of sp³-hybridized carbons (Fsp3) is 0.357. The van der Waals surface area contributed by atoms with E-state index in [9.17, 15) is 9.59 Å². The smallest absolute Gasteiger partial charge is 0.328 e. The van der Waals surface area contributed by atoms with Gasteiger partial charge in [0.15, 0.2) is 0 Å². The van der Waals surface area contributed by atoms with Gasteiger partial charge >= 0.3 is 5.97 Å². The van der Waals surface area contributed by atoms with Crippen LogP contribution < -0.4 is 5.32 Å². The van der Waals surface area contributed by atoms with Gasteiger partial charge in [0.25, 0.3) is 5.91 Å². The number of hydrogen-bond acceptors (Lipinski definition) is 5. The molecule has 0 radical (unpaired) electrons. The van der Waals surface area contributed by atoms with E-state index in [1.807, 2.05) is 23.5 Å². The molecule has 0 aromatic carbocycles. The van der Waals surface area contributed by atoms with Crippen molar-refractivity contribution in [2.75, 3.05) is 23.8 Å². The molecule has 0 aliphatic carbocycles. The Morgan fingerprint density at radius 1 is 1.43 bits per heavy atom. The molecule has 2 rings (SSSR count). The lowest BCUT2D eigenvalue weighted by atomic mass is 10.2. The maximum atomic E-state index is 12.0. The number of carboxylic acid groups (broad SMARTS) is 1. The number of aromatic nitrogens is 1. The molecule has 1 unspecified atom stereocenters. The average molecular weight is 324 g/mol. The van der Waals surface area contributed by atoms with Gasteiger partial charge in [-0.1, -0.05) is 6.07 Å². The molecule has 1 aliphatic rings. The minimum Gasteiger partial charge on any atom is -0.478 e. The molecule has 1 amide bonds. The first-order valence-corrected chi connectivity index (χ1v) is 8.70. The number of hydrogen-bond donors (Lipinski definition) is 2. The highest BCUT2D eigenvalue weighted by molar-refractivity contribution is 8.06. The van der Waals surface area contributed by atoms with E-state index in [1.165, 1.54) is 18.0 Å². The first kappa shape index (κ1) is 15.9. The fourth-order valence-corrected chi connectivity index (χ4v) is 4.37. The summed E-state index contributed by atoms with van der Waals surface area (Å²) in [6, 6.07) is 3.27. The van der Waals surface area contributed by atoms with Gasteiger partial charge in [-0.25, -0.2) is 4.79 Å². The zero-order valence-electron chi connectivity index (χ0n) is 11.3. The number of nitrogens with one attached hydrogen (secondary N) is 1. The third-order valence-corrected chi connectivity index (χ3v) is 5.66. The maximum Gasteiger partial charge on any atom is 0.328 e. The number of amides is 1. The fourth-order valence-electron chi connectivity index (χ4n) is 1.76. The number of carboxylic acids is 1. The molecule has 5 nitrogen and oxygen atoms in total.